The van der Waals surface area contributed by atoms with E-state index in [9.17, 15) is 0 Å². The molecule has 18 heavy (non-hydrogen) atoms. The van der Waals surface area contributed by atoms with Gasteiger partial charge in [0.05, 0.1) is 0 Å². The van der Waals surface area contributed by atoms with Gasteiger partial charge in [-0.3, -0.25) is 9.88 Å². The van der Waals surface area contributed by atoms with Crippen LogP contribution < -0.4 is 0 Å². The molecule has 3 heteroatoms. The van der Waals surface area contributed by atoms with E-state index in [2.05, 4.69) is 31.9 Å². The largest absolute Gasteiger partial charge is 0.299 e. The summed E-state index contributed by atoms with van der Waals surface area (Å²) in [7, 11) is 0. The molecule has 1 aliphatic carbocycles. The number of hydrogen-bond acceptors (Lipinski definition) is 2. The Balaban J connectivity index is 1.52. The van der Waals surface area contributed by atoms with Crippen LogP contribution in [0.25, 0.3) is 0 Å². The Bertz CT molecular complexity index is 415. The van der Waals surface area contributed by atoms with Crippen LogP contribution in [0.4, 0.5) is 0 Å². The van der Waals surface area contributed by atoms with Gasteiger partial charge in [-0.2, -0.15) is 0 Å². The Morgan fingerprint density at radius 1 is 1.39 bits per heavy atom. The summed E-state index contributed by atoms with van der Waals surface area (Å²) < 4.78 is 1.23. The molecule has 0 N–H and O–H groups in total. The van der Waals surface area contributed by atoms with Crippen molar-refractivity contribution >= 4 is 15.9 Å². The molecule has 0 atom stereocenters. The Hall–Kier alpha value is -0.410. The van der Waals surface area contributed by atoms with Gasteiger partial charge >= 0.3 is 0 Å². The maximum absolute atomic E-state index is 4.49. The average Bonchev–Trinajstić information content (AvgIpc) is 2.33. The van der Waals surface area contributed by atoms with Crippen molar-refractivity contribution in [2.24, 2.45) is 5.92 Å². The fraction of sp³-hybridized carbons (Fsp3) is 0.667. The molecule has 2 aliphatic rings. The molecule has 0 saturated heterocycles. The minimum absolute atomic E-state index is 1.05. The van der Waals surface area contributed by atoms with Gasteiger partial charge in [0, 0.05) is 41.4 Å². The van der Waals surface area contributed by atoms with Gasteiger partial charge in [-0.15, -0.1) is 0 Å². The minimum atomic E-state index is 1.05. The van der Waals surface area contributed by atoms with Crippen LogP contribution in [-0.2, 0) is 13.0 Å². The maximum atomic E-state index is 4.49. The second-order valence-electron chi connectivity index (χ2n) is 5.68. The van der Waals surface area contributed by atoms with Gasteiger partial charge < -0.3 is 0 Å². The van der Waals surface area contributed by atoms with Crippen molar-refractivity contribution in [2.45, 2.75) is 45.1 Å². The normalized spacial score (nSPS) is 20.5. The lowest BCUT2D eigenvalue weighted by Gasteiger charge is -2.30. The number of halogens is 1. The van der Waals surface area contributed by atoms with Crippen molar-refractivity contribution in [3.05, 3.63) is 28.0 Å². The third-order valence-corrected chi connectivity index (χ3v) is 5.19. The fourth-order valence-corrected chi connectivity index (χ4v) is 3.51. The highest BCUT2D eigenvalue weighted by Crippen LogP contribution is 2.31. The molecule has 1 aromatic rings. The van der Waals surface area contributed by atoms with E-state index in [4.69, 9.17) is 0 Å². The Labute approximate surface area is 118 Å². The highest BCUT2D eigenvalue weighted by Gasteiger charge is 2.20. The average molecular weight is 309 g/mol. The molecule has 1 fully saturated rings. The van der Waals surface area contributed by atoms with Gasteiger partial charge in [0.25, 0.3) is 0 Å². The molecule has 0 unspecified atom stereocenters. The van der Waals surface area contributed by atoms with Crippen LogP contribution in [0.5, 0.6) is 0 Å². The van der Waals surface area contributed by atoms with E-state index in [1.165, 1.54) is 60.9 Å². The van der Waals surface area contributed by atoms with Gasteiger partial charge in [-0.05, 0) is 31.4 Å². The van der Waals surface area contributed by atoms with Gasteiger partial charge in [-0.1, -0.05) is 35.2 Å². The standard InChI is InChI=1S/C15H21BrN2/c16-14-6-8-17-15-7-10-18(11-13(14)15)9-2-5-12-3-1-4-12/h6,8,12H,1-5,7,9-11H2. The van der Waals surface area contributed by atoms with Crippen LogP contribution in [0.3, 0.4) is 0 Å². The molecule has 0 aromatic carbocycles. The van der Waals surface area contributed by atoms with Gasteiger partial charge in [0.15, 0.2) is 0 Å². The minimum Gasteiger partial charge on any atom is -0.299 e. The van der Waals surface area contributed by atoms with E-state index in [0.29, 0.717) is 0 Å². The molecule has 2 heterocycles. The summed E-state index contributed by atoms with van der Waals surface area (Å²) in [5.41, 5.74) is 2.70. The third kappa shape index (κ3) is 2.77. The van der Waals surface area contributed by atoms with Crippen molar-refractivity contribution in [1.82, 2.24) is 9.88 Å². The van der Waals surface area contributed by atoms with Crippen LogP contribution in [-0.4, -0.2) is 23.0 Å². The van der Waals surface area contributed by atoms with Crippen LogP contribution in [0, 0.1) is 5.92 Å². The highest BCUT2D eigenvalue weighted by molar-refractivity contribution is 9.10. The molecule has 1 saturated carbocycles. The lowest BCUT2D eigenvalue weighted by atomic mass is 9.82. The third-order valence-electron chi connectivity index (χ3n) is 4.45. The van der Waals surface area contributed by atoms with Crippen molar-refractivity contribution in [3.63, 3.8) is 0 Å². The Morgan fingerprint density at radius 3 is 3.06 bits per heavy atom. The van der Waals surface area contributed by atoms with Crippen molar-refractivity contribution in [3.8, 4) is 0 Å². The monoisotopic (exact) mass is 308 g/mol. The van der Waals surface area contributed by atoms with Gasteiger partial charge in [0.2, 0.25) is 0 Å². The zero-order valence-electron chi connectivity index (χ0n) is 10.9. The molecular formula is C15H21BrN2. The number of pyridine rings is 1. The molecule has 0 spiro atoms. The molecule has 0 amide bonds. The second kappa shape index (κ2) is 5.70. The van der Waals surface area contributed by atoms with Crippen LogP contribution in [0.15, 0.2) is 16.7 Å². The molecule has 3 rings (SSSR count). The number of hydrogen-bond donors (Lipinski definition) is 0. The van der Waals surface area contributed by atoms with E-state index in [1.54, 1.807) is 0 Å². The van der Waals surface area contributed by atoms with E-state index >= 15 is 0 Å². The van der Waals surface area contributed by atoms with Gasteiger partial charge in [0.1, 0.15) is 0 Å². The molecule has 98 valence electrons. The zero-order chi connectivity index (χ0) is 12.4. The Morgan fingerprint density at radius 2 is 2.28 bits per heavy atom. The number of aromatic nitrogens is 1. The first-order valence-electron chi connectivity index (χ1n) is 7.17. The fourth-order valence-electron chi connectivity index (χ4n) is 3.03. The number of rotatable bonds is 4. The van der Waals surface area contributed by atoms with E-state index in [0.717, 1.165) is 18.9 Å². The summed E-state index contributed by atoms with van der Waals surface area (Å²) >= 11 is 3.65. The quantitative estimate of drug-likeness (QED) is 0.841. The summed E-state index contributed by atoms with van der Waals surface area (Å²) in [4.78, 5) is 7.08. The van der Waals surface area contributed by atoms with Crippen molar-refractivity contribution in [2.75, 3.05) is 13.1 Å². The highest BCUT2D eigenvalue weighted by atomic mass is 79.9. The van der Waals surface area contributed by atoms with Crippen molar-refractivity contribution < 1.29 is 0 Å². The first-order chi connectivity index (χ1) is 8.83. The van der Waals surface area contributed by atoms with Crippen molar-refractivity contribution in [1.29, 1.82) is 0 Å². The van der Waals surface area contributed by atoms with E-state index in [-0.39, 0.29) is 0 Å². The van der Waals surface area contributed by atoms with Gasteiger partial charge in [-0.25, -0.2) is 0 Å². The van der Waals surface area contributed by atoms with E-state index in [1.807, 2.05) is 6.20 Å². The number of fused-ring (bicyclic) bond motifs is 1. The molecule has 0 radical (unpaired) electrons. The summed E-state index contributed by atoms with van der Waals surface area (Å²) in [5, 5.41) is 0. The van der Waals surface area contributed by atoms with Crippen LogP contribution in [0.1, 0.15) is 43.4 Å². The predicted octanol–water partition coefficient (Wildman–Crippen LogP) is 3.78. The summed E-state index contributed by atoms with van der Waals surface area (Å²) in [6.07, 6.45) is 10.3. The molecular weight excluding hydrogens is 288 g/mol. The smallest absolute Gasteiger partial charge is 0.0472 e. The van der Waals surface area contributed by atoms with E-state index < -0.39 is 0 Å². The summed E-state index contributed by atoms with van der Waals surface area (Å²) in [6.45, 7) is 3.52. The first-order valence-corrected chi connectivity index (χ1v) is 7.97. The second-order valence-corrected chi connectivity index (χ2v) is 6.54. The van der Waals surface area contributed by atoms with Crippen LogP contribution in [0.2, 0.25) is 0 Å². The number of nitrogens with zero attached hydrogens (tertiary/aromatic N) is 2. The topological polar surface area (TPSA) is 16.1 Å². The lowest BCUT2D eigenvalue weighted by Crippen LogP contribution is -2.32. The van der Waals surface area contributed by atoms with Crippen LogP contribution >= 0.6 is 15.9 Å². The Kier molecular flexibility index (Phi) is 4.00. The zero-order valence-corrected chi connectivity index (χ0v) is 12.5. The SMILES string of the molecule is Brc1ccnc2c1CN(CCCC1CCC1)CC2. The predicted molar refractivity (Wildman–Crippen MR) is 77.5 cm³/mol. The summed E-state index contributed by atoms with van der Waals surface area (Å²) in [5.74, 6) is 1.05. The molecule has 1 aromatic heterocycles. The summed E-state index contributed by atoms with van der Waals surface area (Å²) in [6, 6.07) is 2.07. The first kappa shape index (κ1) is 12.6. The molecule has 1 aliphatic heterocycles. The lowest BCUT2D eigenvalue weighted by molar-refractivity contribution is 0.221. The molecule has 0 bridgehead atoms. The maximum Gasteiger partial charge on any atom is 0.0472 e. The molecule has 2 nitrogen and oxygen atoms in total.